The van der Waals surface area contributed by atoms with Crippen molar-refractivity contribution in [3.05, 3.63) is 48.4 Å². The van der Waals surface area contributed by atoms with E-state index in [-0.39, 0.29) is 0 Å². The van der Waals surface area contributed by atoms with E-state index in [1.54, 1.807) is 19.5 Å². The molecule has 3 heterocycles. The van der Waals surface area contributed by atoms with Gasteiger partial charge in [-0.2, -0.15) is 5.10 Å². The molecule has 0 saturated carbocycles. The summed E-state index contributed by atoms with van der Waals surface area (Å²) in [4.78, 5) is 8.66. The first-order chi connectivity index (χ1) is 11.2. The van der Waals surface area contributed by atoms with Crippen LogP contribution in [0, 0.1) is 6.92 Å². The van der Waals surface area contributed by atoms with Crippen LogP contribution in [0.25, 0.3) is 33.8 Å². The predicted octanol–water partition coefficient (Wildman–Crippen LogP) is 3.60. The molecule has 0 spiro atoms. The number of nitrogens with one attached hydrogen (secondary N) is 1. The molecule has 0 atom stereocenters. The maximum atomic E-state index is 5.84. The lowest BCUT2D eigenvalue weighted by Gasteiger charge is -2.03. The minimum Gasteiger partial charge on any atom is -0.495 e. The number of fused-ring (bicyclic) bond motifs is 1. The summed E-state index contributed by atoms with van der Waals surface area (Å²) in [6.45, 7) is 1.94. The number of benzene rings is 1. The van der Waals surface area contributed by atoms with Crippen LogP contribution in [-0.4, -0.2) is 27.3 Å². The summed E-state index contributed by atoms with van der Waals surface area (Å²) in [5.41, 5.74) is 5.11. The molecule has 0 saturated heterocycles. The number of nitrogens with zero attached hydrogens (tertiary/aromatic N) is 3. The van der Waals surface area contributed by atoms with Crippen LogP contribution in [0.5, 0.6) is 5.75 Å². The van der Waals surface area contributed by atoms with Crippen molar-refractivity contribution in [2.45, 2.75) is 6.92 Å². The molecule has 6 nitrogen and oxygen atoms in total. The van der Waals surface area contributed by atoms with Gasteiger partial charge in [0.15, 0.2) is 5.58 Å². The minimum atomic E-state index is 0.505. The predicted molar refractivity (Wildman–Crippen MR) is 86.1 cm³/mol. The Hall–Kier alpha value is -3.15. The third-order valence-electron chi connectivity index (χ3n) is 3.60. The molecule has 0 radical (unpaired) electrons. The second-order valence-electron chi connectivity index (χ2n) is 5.25. The molecule has 0 bridgehead atoms. The van der Waals surface area contributed by atoms with Crippen molar-refractivity contribution in [1.29, 1.82) is 0 Å². The molecule has 0 unspecified atom stereocenters. The lowest BCUT2D eigenvalue weighted by Crippen LogP contribution is -1.86. The molecule has 3 aromatic heterocycles. The fourth-order valence-corrected chi connectivity index (χ4v) is 2.43. The Kier molecular flexibility index (Phi) is 3.08. The van der Waals surface area contributed by atoms with Crippen LogP contribution in [0.2, 0.25) is 0 Å². The van der Waals surface area contributed by atoms with E-state index in [1.165, 1.54) is 0 Å². The summed E-state index contributed by atoms with van der Waals surface area (Å²) >= 11 is 0. The van der Waals surface area contributed by atoms with Crippen LogP contribution in [0.1, 0.15) is 5.69 Å². The largest absolute Gasteiger partial charge is 0.495 e. The Morgan fingerprint density at radius 3 is 2.78 bits per heavy atom. The Morgan fingerprint density at radius 2 is 2.00 bits per heavy atom. The highest BCUT2D eigenvalue weighted by atomic mass is 16.5. The highest BCUT2D eigenvalue weighted by Gasteiger charge is 2.12. The van der Waals surface area contributed by atoms with Gasteiger partial charge in [0.25, 0.3) is 0 Å². The summed E-state index contributed by atoms with van der Waals surface area (Å²) in [5, 5.41) is 7.07. The van der Waals surface area contributed by atoms with Crippen molar-refractivity contribution in [2.75, 3.05) is 7.11 Å². The third kappa shape index (κ3) is 2.44. The van der Waals surface area contributed by atoms with Gasteiger partial charge in [-0.25, -0.2) is 4.98 Å². The van der Waals surface area contributed by atoms with Gasteiger partial charge in [0.2, 0.25) is 5.89 Å². The first-order valence-electron chi connectivity index (χ1n) is 7.15. The molecule has 1 aromatic carbocycles. The molecule has 6 heteroatoms. The van der Waals surface area contributed by atoms with E-state index >= 15 is 0 Å². The zero-order chi connectivity index (χ0) is 15.8. The van der Waals surface area contributed by atoms with Crippen molar-refractivity contribution in [3.8, 4) is 28.5 Å². The quantitative estimate of drug-likeness (QED) is 0.626. The van der Waals surface area contributed by atoms with Gasteiger partial charge in [-0.05, 0) is 36.8 Å². The molecule has 0 aliphatic heterocycles. The van der Waals surface area contributed by atoms with Gasteiger partial charge < -0.3 is 9.15 Å². The number of H-pyrrole nitrogens is 1. The van der Waals surface area contributed by atoms with Gasteiger partial charge in [-0.1, -0.05) is 6.07 Å². The molecular formula is C17H14N4O2. The maximum Gasteiger partial charge on any atom is 0.248 e. The monoisotopic (exact) mass is 306 g/mol. The molecule has 114 valence electrons. The summed E-state index contributed by atoms with van der Waals surface area (Å²) in [7, 11) is 1.62. The van der Waals surface area contributed by atoms with Gasteiger partial charge in [-0.15, -0.1) is 0 Å². The Labute approximate surface area is 132 Å². The Balaban J connectivity index is 1.78. The fourth-order valence-electron chi connectivity index (χ4n) is 2.43. The van der Waals surface area contributed by atoms with Crippen LogP contribution in [0.4, 0.5) is 0 Å². The molecule has 4 rings (SSSR count). The van der Waals surface area contributed by atoms with E-state index in [2.05, 4.69) is 20.2 Å². The third-order valence-corrected chi connectivity index (χ3v) is 3.60. The van der Waals surface area contributed by atoms with E-state index in [0.717, 1.165) is 22.3 Å². The molecule has 0 aliphatic rings. The lowest BCUT2D eigenvalue weighted by atomic mass is 10.1. The fraction of sp³-hybridized carbons (Fsp3) is 0.118. The smallest absolute Gasteiger partial charge is 0.248 e. The topological polar surface area (TPSA) is 76.8 Å². The summed E-state index contributed by atoms with van der Waals surface area (Å²) in [6, 6.07) is 9.69. The van der Waals surface area contributed by atoms with Gasteiger partial charge in [0.1, 0.15) is 17.0 Å². The zero-order valence-electron chi connectivity index (χ0n) is 12.7. The number of aromatic amines is 1. The molecule has 0 aliphatic carbocycles. The van der Waals surface area contributed by atoms with Crippen LogP contribution in [-0.2, 0) is 0 Å². The number of rotatable bonds is 3. The second-order valence-corrected chi connectivity index (χ2v) is 5.25. The molecule has 0 fully saturated rings. The van der Waals surface area contributed by atoms with Gasteiger partial charge in [-0.3, -0.25) is 10.1 Å². The van der Waals surface area contributed by atoms with Crippen molar-refractivity contribution in [3.63, 3.8) is 0 Å². The summed E-state index contributed by atoms with van der Waals surface area (Å²) in [5.74, 6) is 1.22. The number of methoxy groups -OCH3 is 1. The molecule has 4 aromatic rings. The van der Waals surface area contributed by atoms with E-state index in [0.29, 0.717) is 22.9 Å². The van der Waals surface area contributed by atoms with Crippen LogP contribution >= 0.6 is 0 Å². The highest BCUT2D eigenvalue weighted by Crippen LogP contribution is 2.29. The second kappa shape index (κ2) is 5.24. The normalized spacial score (nSPS) is 11.0. The van der Waals surface area contributed by atoms with Gasteiger partial charge >= 0.3 is 0 Å². The average molecular weight is 306 g/mol. The van der Waals surface area contributed by atoms with E-state index in [1.807, 2.05) is 37.3 Å². The Morgan fingerprint density at radius 1 is 1.09 bits per heavy atom. The van der Waals surface area contributed by atoms with Crippen molar-refractivity contribution in [1.82, 2.24) is 20.2 Å². The molecule has 0 amide bonds. The van der Waals surface area contributed by atoms with Crippen molar-refractivity contribution >= 4 is 11.1 Å². The minimum absolute atomic E-state index is 0.505. The van der Waals surface area contributed by atoms with Crippen LogP contribution < -0.4 is 4.74 Å². The van der Waals surface area contributed by atoms with E-state index in [4.69, 9.17) is 9.15 Å². The molecule has 1 N–H and O–H groups in total. The number of hydrogen-bond donors (Lipinski definition) is 1. The standard InChI is InChI=1S/C17H14N4O2/c1-10-5-15(21-20-10)17-19-14-4-3-11(7-16(14)23-17)12-6-13(22-2)9-18-8-12/h3-9H,1-2H3,(H,20,21). The summed E-state index contributed by atoms with van der Waals surface area (Å²) < 4.78 is 11.1. The van der Waals surface area contributed by atoms with E-state index in [9.17, 15) is 0 Å². The number of ether oxygens (including phenoxy) is 1. The van der Waals surface area contributed by atoms with Gasteiger partial charge in [0, 0.05) is 17.5 Å². The van der Waals surface area contributed by atoms with Crippen molar-refractivity contribution in [2.24, 2.45) is 0 Å². The molecule has 23 heavy (non-hydrogen) atoms. The summed E-state index contributed by atoms with van der Waals surface area (Å²) in [6.07, 6.45) is 3.46. The Bertz CT molecular complexity index is 987. The van der Waals surface area contributed by atoms with Crippen LogP contribution in [0.3, 0.4) is 0 Å². The number of oxazole rings is 1. The number of pyridine rings is 1. The van der Waals surface area contributed by atoms with E-state index < -0.39 is 0 Å². The number of aromatic nitrogens is 4. The maximum absolute atomic E-state index is 5.84. The molecular weight excluding hydrogens is 292 g/mol. The van der Waals surface area contributed by atoms with Crippen LogP contribution in [0.15, 0.2) is 47.1 Å². The SMILES string of the molecule is COc1cncc(-c2ccc3nc(-c4cc(C)[nH]n4)oc3c2)c1. The van der Waals surface area contributed by atoms with Gasteiger partial charge in [0.05, 0.1) is 13.3 Å². The number of hydrogen-bond acceptors (Lipinski definition) is 5. The first-order valence-corrected chi connectivity index (χ1v) is 7.15. The highest BCUT2D eigenvalue weighted by molar-refractivity contribution is 5.82. The average Bonchev–Trinajstić information content (AvgIpc) is 3.20. The first kappa shape index (κ1) is 13.5. The van der Waals surface area contributed by atoms with Crippen molar-refractivity contribution < 1.29 is 9.15 Å². The lowest BCUT2D eigenvalue weighted by molar-refractivity contribution is 0.413. The number of aryl methyl sites for hydroxylation is 1. The zero-order valence-corrected chi connectivity index (χ0v) is 12.7.